The topological polar surface area (TPSA) is 58.2 Å². The van der Waals surface area contributed by atoms with E-state index in [-0.39, 0.29) is 17.7 Å². The van der Waals surface area contributed by atoms with E-state index in [1.54, 1.807) is 31.2 Å². The zero-order valence-corrected chi connectivity index (χ0v) is 10.9. The molecule has 1 aliphatic heterocycles. The van der Waals surface area contributed by atoms with Crippen LogP contribution in [-0.2, 0) is 4.79 Å². The number of carbonyl (C=O) groups is 2. The van der Waals surface area contributed by atoms with Crippen LogP contribution in [0.4, 0.5) is 5.69 Å². The van der Waals surface area contributed by atoms with E-state index >= 15 is 0 Å². The largest absolute Gasteiger partial charge is 0.338 e. The number of anilines is 1. The Bertz CT molecular complexity index is 498. The summed E-state index contributed by atoms with van der Waals surface area (Å²) in [5, 5.41) is 5.70. The molecule has 96 valence electrons. The molecule has 4 nitrogen and oxygen atoms in total. The summed E-state index contributed by atoms with van der Waals surface area (Å²) in [6.07, 6.45) is 0.820. The maximum absolute atomic E-state index is 12.3. The van der Waals surface area contributed by atoms with Gasteiger partial charge in [-0.25, -0.2) is 0 Å². The first-order valence-electron chi connectivity index (χ1n) is 6.22. The highest BCUT2D eigenvalue weighted by molar-refractivity contribution is 6.11. The maximum atomic E-state index is 12.3. The van der Waals surface area contributed by atoms with Crippen molar-refractivity contribution < 1.29 is 9.59 Å². The molecular formula is C14H18N2O2. The first-order valence-corrected chi connectivity index (χ1v) is 6.22. The Morgan fingerprint density at radius 2 is 1.94 bits per heavy atom. The standard InChI is InChI=1S/C14H18N2O2/c1-4-9(2)14(3)13(18)15-11-8-6-5-7-10(11)12(17)16-14/h5-9H,4H2,1-3H3,(H,15,18)(H,16,17)/t9-,14-/m0/s1. The predicted molar refractivity (Wildman–Crippen MR) is 70.4 cm³/mol. The summed E-state index contributed by atoms with van der Waals surface area (Å²) in [6, 6.07) is 7.05. The second-order valence-corrected chi connectivity index (χ2v) is 4.97. The van der Waals surface area contributed by atoms with Gasteiger partial charge >= 0.3 is 0 Å². The summed E-state index contributed by atoms with van der Waals surface area (Å²) in [5.41, 5.74) is 0.218. The van der Waals surface area contributed by atoms with Crippen LogP contribution in [0, 0.1) is 5.92 Å². The number of carbonyl (C=O) groups excluding carboxylic acids is 2. The Morgan fingerprint density at radius 1 is 1.28 bits per heavy atom. The normalized spacial score (nSPS) is 24.6. The van der Waals surface area contributed by atoms with Gasteiger partial charge in [0.05, 0.1) is 11.3 Å². The van der Waals surface area contributed by atoms with Crippen LogP contribution in [0.25, 0.3) is 0 Å². The van der Waals surface area contributed by atoms with Crippen molar-refractivity contribution in [3.63, 3.8) is 0 Å². The smallest absolute Gasteiger partial charge is 0.254 e. The van der Waals surface area contributed by atoms with Gasteiger partial charge < -0.3 is 10.6 Å². The summed E-state index contributed by atoms with van der Waals surface area (Å²) < 4.78 is 0. The predicted octanol–water partition coefficient (Wildman–Crippen LogP) is 2.17. The second kappa shape index (κ2) is 4.44. The Balaban J connectivity index is 2.45. The third kappa shape index (κ3) is 1.88. The van der Waals surface area contributed by atoms with Gasteiger partial charge in [0.15, 0.2) is 0 Å². The van der Waals surface area contributed by atoms with E-state index in [1.165, 1.54) is 0 Å². The van der Waals surface area contributed by atoms with Gasteiger partial charge in [0.25, 0.3) is 5.91 Å². The highest BCUT2D eigenvalue weighted by Gasteiger charge is 2.42. The number of fused-ring (bicyclic) bond motifs is 1. The fraction of sp³-hybridized carbons (Fsp3) is 0.429. The van der Waals surface area contributed by atoms with Gasteiger partial charge in [-0.05, 0) is 25.0 Å². The van der Waals surface area contributed by atoms with E-state index in [0.29, 0.717) is 11.3 Å². The Hall–Kier alpha value is -1.84. The van der Waals surface area contributed by atoms with E-state index in [2.05, 4.69) is 10.6 Å². The number of rotatable bonds is 2. The molecule has 2 amide bonds. The van der Waals surface area contributed by atoms with Crippen LogP contribution >= 0.6 is 0 Å². The van der Waals surface area contributed by atoms with E-state index in [0.717, 1.165) is 6.42 Å². The molecule has 1 aliphatic rings. The minimum atomic E-state index is -0.870. The van der Waals surface area contributed by atoms with E-state index in [1.807, 2.05) is 13.8 Å². The van der Waals surface area contributed by atoms with Crippen molar-refractivity contribution in [1.29, 1.82) is 0 Å². The molecule has 1 aromatic rings. The van der Waals surface area contributed by atoms with Crippen LogP contribution in [-0.4, -0.2) is 17.4 Å². The molecular weight excluding hydrogens is 228 g/mol. The lowest BCUT2D eigenvalue weighted by Gasteiger charge is -2.32. The quantitative estimate of drug-likeness (QED) is 0.840. The van der Waals surface area contributed by atoms with Crippen LogP contribution in [0.1, 0.15) is 37.6 Å². The molecule has 1 heterocycles. The summed E-state index contributed by atoms with van der Waals surface area (Å²) in [4.78, 5) is 24.5. The molecule has 0 spiro atoms. The Kier molecular flexibility index (Phi) is 3.11. The lowest BCUT2D eigenvalue weighted by molar-refractivity contribution is -0.123. The van der Waals surface area contributed by atoms with Gasteiger partial charge in [-0.1, -0.05) is 32.4 Å². The maximum Gasteiger partial charge on any atom is 0.254 e. The van der Waals surface area contributed by atoms with E-state index in [9.17, 15) is 9.59 Å². The first-order chi connectivity index (χ1) is 8.49. The van der Waals surface area contributed by atoms with E-state index in [4.69, 9.17) is 0 Å². The first kappa shape index (κ1) is 12.6. The fourth-order valence-corrected chi connectivity index (χ4v) is 2.16. The molecule has 0 aliphatic carbocycles. The third-order valence-electron chi connectivity index (χ3n) is 3.86. The Labute approximate surface area is 107 Å². The molecule has 0 saturated carbocycles. The van der Waals surface area contributed by atoms with Crippen molar-refractivity contribution in [2.24, 2.45) is 5.92 Å². The van der Waals surface area contributed by atoms with Crippen molar-refractivity contribution in [2.75, 3.05) is 5.32 Å². The summed E-state index contributed by atoms with van der Waals surface area (Å²) in [5.74, 6) is -0.294. The highest BCUT2D eigenvalue weighted by atomic mass is 16.2. The number of amides is 2. The second-order valence-electron chi connectivity index (χ2n) is 4.97. The summed E-state index contributed by atoms with van der Waals surface area (Å²) in [6.45, 7) is 5.75. The molecule has 2 N–H and O–H groups in total. The molecule has 4 heteroatoms. The van der Waals surface area contributed by atoms with Gasteiger partial charge in [0.2, 0.25) is 5.91 Å². The zero-order valence-electron chi connectivity index (χ0n) is 10.9. The van der Waals surface area contributed by atoms with Gasteiger partial charge in [-0.2, -0.15) is 0 Å². The number of nitrogens with one attached hydrogen (secondary N) is 2. The monoisotopic (exact) mass is 246 g/mol. The third-order valence-corrected chi connectivity index (χ3v) is 3.86. The van der Waals surface area contributed by atoms with Crippen molar-refractivity contribution in [3.8, 4) is 0 Å². The zero-order chi connectivity index (χ0) is 13.3. The van der Waals surface area contributed by atoms with Crippen molar-refractivity contribution >= 4 is 17.5 Å². The van der Waals surface area contributed by atoms with Crippen molar-refractivity contribution in [3.05, 3.63) is 29.8 Å². The molecule has 0 fully saturated rings. The highest BCUT2D eigenvalue weighted by Crippen LogP contribution is 2.27. The van der Waals surface area contributed by atoms with Gasteiger partial charge in [-0.3, -0.25) is 9.59 Å². The van der Waals surface area contributed by atoms with E-state index < -0.39 is 5.54 Å². The van der Waals surface area contributed by atoms with Gasteiger partial charge in [-0.15, -0.1) is 0 Å². The number of benzene rings is 1. The number of hydrogen-bond donors (Lipinski definition) is 2. The molecule has 0 unspecified atom stereocenters. The number of hydrogen-bond acceptors (Lipinski definition) is 2. The lowest BCUT2D eigenvalue weighted by Crippen LogP contribution is -2.57. The minimum Gasteiger partial charge on any atom is -0.338 e. The fourth-order valence-electron chi connectivity index (χ4n) is 2.16. The molecule has 18 heavy (non-hydrogen) atoms. The molecule has 0 bridgehead atoms. The molecule has 2 rings (SSSR count). The average molecular weight is 246 g/mol. The SMILES string of the molecule is CC[C@H](C)[C@]1(C)NC(=O)c2ccccc2NC1=O. The van der Waals surface area contributed by atoms with Gasteiger partial charge in [0, 0.05) is 0 Å². The molecule has 0 radical (unpaired) electrons. The van der Waals surface area contributed by atoms with Crippen molar-refractivity contribution in [2.45, 2.75) is 32.7 Å². The van der Waals surface area contributed by atoms with Crippen LogP contribution in [0.15, 0.2) is 24.3 Å². The van der Waals surface area contributed by atoms with Crippen LogP contribution in [0.2, 0.25) is 0 Å². The van der Waals surface area contributed by atoms with Crippen LogP contribution < -0.4 is 10.6 Å². The van der Waals surface area contributed by atoms with Crippen LogP contribution in [0.5, 0.6) is 0 Å². The average Bonchev–Trinajstić information content (AvgIpc) is 2.46. The van der Waals surface area contributed by atoms with Crippen LogP contribution in [0.3, 0.4) is 0 Å². The Morgan fingerprint density at radius 3 is 2.61 bits per heavy atom. The molecule has 1 aromatic carbocycles. The van der Waals surface area contributed by atoms with Crippen molar-refractivity contribution in [1.82, 2.24) is 5.32 Å². The lowest BCUT2D eigenvalue weighted by atomic mass is 9.84. The van der Waals surface area contributed by atoms with Gasteiger partial charge in [0.1, 0.15) is 5.54 Å². The molecule has 0 aromatic heterocycles. The summed E-state index contributed by atoms with van der Waals surface area (Å²) >= 11 is 0. The minimum absolute atomic E-state index is 0.0655. The summed E-state index contributed by atoms with van der Waals surface area (Å²) in [7, 11) is 0. The molecule has 0 saturated heterocycles. The number of para-hydroxylation sites is 1. The molecule has 2 atom stereocenters.